The number of methoxy groups -OCH3 is 1. The van der Waals surface area contributed by atoms with Crippen molar-refractivity contribution in [3.05, 3.63) is 78.0 Å². The quantitative estimate of drug-likeness (QED) is 0.509. The number of ether oxygens (including phenoxy) is 1. The monoisotopic (exact) mass is 372 g/mol. The van der Waals surface area contributed by atoms with E-state index in [0.717, 1.165) is 28.5 Å². The van der Waals surface area contributed by atoms with Gasteiger partial charge in [0.15, 0.2) is 5.65 Å². The molecule has 4 aromatic rings. The summed E-state index contributed by atoms with van der Waals surface area (Å²) >= 11 is 0. The highest BCUT2D eigenvalue weighted by Crippen LogP contribution is 2.25. The van der Waals surface area contributed by atoms with E-state index >= 15 is 0 Å². The van der Waals surface area contributed by atoms with Crippen LogP contribution in [0.25, 0.3) is 16.9 Å². The molecule has 0 spiro atoms. The van der Waals surface area contributed by atoms with E-state index in [9.17, 15) is 0 Å². The average molecular weight is 372 g/mol. The lowest BCUT2D eigenvalue weighted by Gasteiger charge is -2.12. The van der Waals surface area contributed by atoms with E-state index in [0.29, 0.717) is 12.5 Å². The van der Waals surface area contributed by atoms with Gasteiger partial charge >= 0.3 is 0 Å². The predicted molar refractivity (Wildman–Crippen MR) is 113 cm³/mol. The van der Waals surface area contributed by atoms with Crippen molar-refractivity contribution in [3.8, 4) is 17.0 Å². The van der Waals surface area contributed by atoms with Crippen molar-refractivity contribution in [1.82, 2.24) is 14.6 Å². The molecular weight excluding hydrogens is 348 g/mol. The summed E-state index contributed by atoms with van der Waals surface area (Å²) in [5, 5.41) is 7.89. The highest BCUT2D eigenvalue weighted by molar-refractivity contribution is 5.66. The van der Waals surface area contributed by atoms with Crippen molar-refractivity contribution < 1.29 is 4.74 Å². The highest BCUT2D eigenvalue weighted by Gasteiger charge is 2.09. The Labute approximate surface area is 165 Å². The minimum absolute atomic E-state index is 0.515. The van der Waals surface area contributed by atoms with Gasteiger partial charge in [-0.2, -0.15) is 9.61 Å². The first-order valence-corrected chi connectivity index (χ1v) is 9.46. The molecule has 28 heavy (non-hydrogen) atoms. The zero-order valence-corrected chi connectivity index (χ0v) is 16.4. The third-order valence-corrected chi connectivity index (χ3v) is 4.87. The molecule has 0 radical (unpaired) electrons. The lowest BCUT2D eigenvalue weighted by Crippen LogP contribution is -2.06. The Hall–Kier alpha value is -3.34. The maximum atomic E-state index is 5.22. The molecule has 0 aliphatic carbocycles. The third-order valence-electron chi connectivity index (χ3n) is 4.87. The second-order valence-corrected chi connectivity index (χ2v) is 7.11. The topological polar surface area (TPSA) is 51.5 Å². The Morgan fingerprint density at radius 2 is 1.75 bits per heavy atom. The number of fused-ring (bicyclic) bond motifs is 1. The first-order chi connectivity index (χ1) is 13.6. The van der Waals surface area contributed by atoms with Gasteiger partial charge in [-0.25, -0.2) is 4.98 Å². The van der Waals surface area contributed by atoms with Crippen LogP contribution in [-0.4, -0.2) is 21.7 Å². The summed E-state index contributed by atoms with van der Waals surface area (Å²) < 4.78 is 7.05. The molecule has 5 heteroatoms. The summed E-state index contributed by atoms with van der Waals surface area (Å²) in [7, 11) is 1.67. The smallest absolute Gasteiger partial charge is 0.157 e. The average Bonchev–Trinajstić information content (AvgIpc) is 3.21. The Balaban J connectivity index is 1.62. The zero-order chi connectivity index (χ0) is 19.5. The molecule has 142 valence electrons. The van der Waals surface area contributed by atoms with Crippen LogP contribution < -0.4 is 10.1 Å². The number of nitrogens with one attached hydrogen (secondary N) is 1. The van der Waals surface area contributed by atoms with Gasteiger partial charge in [0.1, 0.15) is 11.6 Å². The minimum Gasteiger partial charge on any atom is -0.497 e. The van der Waals surface area contributed by atoms with Crippen molar-refractivity contribution in [3.63, 3.8) is 0 Å². The molecule has 0 aliphatic heterocycles. The van der Waals surface area contributed by atoms with Gasteiger partial charge in [-0.15, -0.1) is 0 Å². The van der Waals surface area contributed by atoms with E-state index in [1.807, 2.05) is 28.8 Å². The van der Waals surface area contributed by atoms with Crippen molar-refractivity contribution in [2.75, 3.05) is 12.4 Å². The maximum Gasteiger partial charge on any atom is 0.157 e. The van der Waals surface area contributed by atoms with Gasteiger partial charge in [0.25, 0.3) is 0 Å². The lowest BCUT2D eigenvalue weighted by molar-refractivity contribution is 0.414. The van der Waals surface area contributed by atoms with E-state index in [1.54, 1.807) is 13.3 Å². The molecule has 0 bridgehead atoms. The first kappa shape index (κ1) is 18.0. The van der Waals surface area contributed by atoms with E-state index in [1.165, 1.54) is 11.1 Å². The molecule has 5 nitrogen and oxygen atoms in total. The fourth-order valence-electron chi connectivity index (χ4n) is 3.16. The molecule has 0 saturated heterocycles. The molecule has 2 heterocycles. The fraction of sp³-hybridized carbons (Fsp3) is 0.217. The number of hydrogen-bond acceptors (Lipinski definition) is 4. The Morgan fingerprint density at radius 3 is 2.43 bits per heavy atom. The van der Waals surface area contributed by atoms with Gasteiger partial charge in [0, 0.05) is 24.2 Å². The molecular formula is C23H24N4O. The fourth-order valence-corrected chi connectivity index (χ4v) is 3.16. The van der Waals surface area contributed by atoms with Crippen molar-refractivity contribution in [2.45, 2.75) is 26.3 Å². The van der Waals surface area contributed by atoms with Crippen molar-refractivity contribution in [1.29, 1.82) is 0 Å². The summed E-state index contributed by atoms with van der Waals surface area (Å²) in [6.45, 7) is 5.09. The van der Waals surface area contributed by atoms with Crippen LogP contribution in [0, 0.1) is 0 Å². The van der Waals surface area contributed by atoms with E-state index < -0.39 is 0 Å². The number of rotatable bonds is 6. The molecule has 2 aromatic heterocycles. The van der Waals surface area contributed by atoms with E-state index in [2.05, 4.69) is 60.7 Å². The molecule has 0 atom stereocenters. The minimum atomic E-state index is 0.515. The molecule has 2 aromatic carbocycles. The van der Waals surface area contributed by atoms with Crippen LogP contribution in [0.1, 0.15) is 30.9 Å². The summed E-state index contributed by atoms with van der Waals surface area (Å²) in [6.07, 6.45) is 1.77. The zero-order valence-electron chi connectivity index (χ0n) is 16.4. The molecule has 0 amide bonds. The summed E-state index contributed by atoms with van der Waals surface area (Å²) in [4.78, 5) is 4.76. The lowest BCUT2D eigenvalue weighted by atomic mass is 10.0. The standard InChI is InChI=1S/C23H24N4O/c1-16(2)18-6-8-19(9-7-18)21-14-23(27-22(26-21)12-13-25-27)24-15-17-4-10-20(28-3)11-5-17/h4-14,16,24H,15H2,1-3H3. The molecule has 0 fully saturated rings. The molecule has 4 rings (SSSR count). The summed E-state index contributed by atoms with van der Waals surface area (Å²) in [5.74, 6) is 2.28. The van der Waals surface area contributed by atoms with Gasteiger partial charge in [0.05, 0.1) is 19.0 Å². The molecule has 1 N–H and O–H groups in total. The number of aromatic nitrogens is 3. The number of benzene rings is 2. The summed E-state index contributed by atoms with van der Waals surface area (Å²) in [6, 6.07) is 20.6. The molecule has 0 aliphatic rings. The Kier molecular flexibility index (Phi) is 4.98. The molecule has 0 unspecified atom stereocenters. The second kappa shape index (κ2) is 7.72. The van der Waals surface area contributed by atoms with Crippen molar-refractivity contribution in [2.24, 2.45) is 0 Å². The maximum absolute atomic E-state index is 5.22. The highest BCUT2D eigenvalue weighted by atomic mass is 16.5. The molecule has 0 saturated carbocycles. The normalized spacial score (nSPS) is 11.1. The summed E-state index contributed by atoms with van der Waals surface area (Å²) in [5.41, 5.74) is 5.34. The third kappa shape index (κ3) is 3.69. The van der Waals surface area contributed by atoms with E-state index in [-0.39, 0.29) is 0 Å². The van der Waals surface area contributed by atoms with Crippen LogP contribution in [0.2, 0.25) is 0 Å². The predicted octanol–water partition coefficient (Wildman–Crippen LogP) is 5.14. The second-order valence-electron chi connectivity index (χ2n) is 7.11. The van der Waals surface area contributed by atoms with Crippen LogP contribution in [0.4, 0.5) is 5.82 Å². The van der Waals surface area contributed by atoms with E-state index in [4.69, 9.17) is 9.72 Å². The Bertz CT molecular complexity index is 1070. The van der Waals surface area contributed by atoms with Gasteiger partial charge in [0.2, 0.25) is 0 Å². The number of anilines is 1. The number of hydrogen-bond donors (Lipinski definition) is 1. The van der Waals surface area contributed by atoms with Crippen LogP contribution in [0.5, 0.6) is 5.75 Å². The SMILES string of the molecule is COc1ccc(CNc2cc(-c3ccc(C(C)C)cc3)nc3ccnn23)cc1. The Morgan fingerprint density at radius 1 is 1.00 bits per heavy atom. The van der Waals surface area contributed by atoms with Gasteiger partial charge in [-0.3, -0.25) is 0 Å². The van der Waals surface area contributed by atoms with Crippen molar-refractivity contribution >= 4 is 11.5 Å². The van der Waals surface area contributed by atoms with Gasteiger partial charge in [-0.05, 0) is 29.2 Å². The van der Waals surface area contributed by atoms with Crippen LogP contribution in [0.3, 0.4) is 0 Å². The van der Waals surface area contributed by atoms with Crippen LogP contribution in [0.15, 0.2) is 66.9 Å². The van der Waals surface area contributed by atoms with Gasteiger partial charge in [-0.1, -0.05) is 50.2 Å². The number of nitrogens with zero attached hydrogens (tertiary/aromatic N) is 3. The largest absolute Gasteiger partial charge is 0.497 e. The van der Waals surface area contributed by atoms with Crippen LogP contribution >= 0.6 is 0 Å². The first-order valence-electron chi connectivity index (χ1n) is 9.46. The van der Waals surface area contributed by atoms with Gasteiger partial charge < -0.3 is 10.1 Å². The van der Waals surface area contributed by atoms with Crippen LogP contribution in [-0.2, 0) is 6.54 Å².